The summed E-state index contributed by atoms with van der Waals surface area (Å²) in [6.07, 6.45) is 24.0. The lowest BCUT2D eigenvalue weighted by molar-refractivity contribution is -0.139. The Hall–Kier alpha value is -4.50. The van der Waals surface area contributed by atoms with Gasteiger partial charge < -0.3 is 61.4 Å². The predicted octanol–water partition coefficient (Wildman–Crippen LogP) is 4.04. The van der Waals surface area contributed by atoms with Crippen molar-refractivity contribution in [1.82, 2.24) is 36.6 Å². The molecule has 0 fully saturated rings. The van der Waals surface area contributed by atoms with E-state index in [1.165, 1.54) is 104 Å². The number of rotatable bonds is 47. The standard InChI is InChI=1S/C49H88N8O12.H2/c1-4-5-6-7-8-9-10-11-12-13-14-15-16-17-18-22-43(59)53-24-26-66-28-31-69-37-45(61)54-25-27-67-29-30-68-36-44(60)52-23-20-19-21-39(47(64)55-35-46(62)63)32-42(58)49(2,3)57-48(65)41(50)33-40-34-51-38-56-40;/h34,38-39,41H,4-33,35-37,50H2,1-3H3,(H,51,56)(H,52,60)(H,53,59)(H,54,61)(H,55,64)(H,57,65)(H,62,63);1H/t39-,41+;/m1./s1. The van der Waals surface area contributed by atoms with E-state index in [0.29, 0.717) is 44.7 Å². The fourth-order valence-corrected chi connectivity index (χ4v) is 7.19. The number of unbranched alkanes of at least 4 members (excludes halogenated alkanes) is 15. The SMILES string of the molecule is CCCCCCCCCCCCCCCCCC(=O)NCCOCCOCC(=O)NCCOCCOCC(=O)NCCCC[C@H](CC(=O)C(C)(C)NC(=O)[C@@H](N)Cc1cnc[nH]1)C(=O)NCC(=O)O.[HH]. The lowest BCUT2D eigenvalue weighted by Gasteiger charge is -2.28. The Morgan fingerprint density at radius 1 is 0.652 bits per heavy atom. The summed E-state index contributed by atoms with van der Waals surface area (Å²) in [6, 6.07) is -0.949. The summed E-state index contributed by atoms with van der Waals surface area (Å²) in [5.41, 5.74) is 5.30. The minimum Gasteiger partial charge on any atom is -0.480 e. The van der Waals surface area contributed by atoms with Gasteiger partial charge in [-0.3, -0.25) is 33.6 Å². The number of hydrogen-bond acceptors (Lipinski definition) is 13. The summed E-state index contributed by atoms with van der Waals surface area (Å²) in [7, 11) is 0. The number of aromatic amines is 1. The zero-order chi connectivity index (χ0) is 50.8. The number of nitrogens with one attached hydrogen (secondary N) is 6. The molecular weight excluding hydrogens is 893 g/mol. The van der Waals surface area contributed by atoms with E-state index < -0.39 is 47.6 Å². The molecule has 0 aliphatic rings. The van der Waals surface area contributed by atoms with E-state index in [1.54, 1.807) is 6.20 Å². The van der Waals surface area contributed by atoms with Crippen LogP contribution in [0.2, 0.25) is 0 Å². The number of carboxylic acid groups (broad SMARTS) is 1. The number of amides is 5. The molecule has 0 saturated carbocycles. The lowest BCUT2D eigenvalue weighted by Crippen LogP contribution is -2.55. The van der Waals surface area contributed by atoms with Gasteiger partial charge in [0.2, 0.25) is 29.5 Å². The Kier molecular flexibility index (Phi) is 37.4. The molecule has 20 heteroatoms. The van der Waals surface area contributed by atoms with Crippen molar-refractivity contribution in [2.24, 2.45) is 11.7 Å². The number of nitrogens with two attached hydrogens (primary N) is 1. The van der Waals surface area contributed by atoms with E-state index in [9.17, 15) is 33.6 Å². The van der Waals surface area contributed by atoms with Crippen LogP contribution >= 0.6 is 0 Å². The van der Waals surface area contributed by atoms with Crippen molar-refractivity contribution in [2.75, 3.05) is 79.0 Å². The highest BCUT2D eigenvalue weighted by Crippen LogP contribution is 2.19. The Bertz CT molecular complexity index is 1560. The highest BCUT2D eigenvalue weighted by atomic mass is 16.5. The highest BCUT2D eigenvalue weighted by molar-refractivity contribution is 5.96. The van der Waals surface area contributed by atoms with Gasteiger partial charge in [0.05, 0.1) is 57.5 Å². The van der Waals surface area contributed by atoms with Crippen LogP contribution in [-0.4, -0.2) is 147 Å². The Morgan fingerprint density at radius 3 is 1.68 bits per heavy atom. The third-order valence-corrected chi connectivity index (χ3v) is 11.3. The first-order valence-corrected chi connectivity index (χ1v) is 25.4. The largest absolute Gasteiger partial charge is 0.480 e. The smallest absolute Gasteiger partial charge is 0.322 e. The van der Waals surface area contributed by atoms with E-state index in [2.05, 4.69) is 43.5 Å². The van der Waals surface area contributed by atoms with Crippen molar-refractivity contribution in [1.29, 1.82) is 0 Å². The van der Waals surface area contributed by atoms with Gasteiger partial charge in [-0.25, -0.2) is 4.98 Å². The van der Waals surface area contributed by atoms with Gasteiger partial charge in [0.25, 0.3) is 0 Å². The molecule has 0 radical (unpaired) electrons. The van der Waals surface area contributed by atoms with Crippen LogP contribution in [0.1, 0.15) is 156 Å². The number of imidazole rings is 1. The molecule has 1 heterocycles. The average Bonchev–Trinajstić information content (AvgIpc) is 3.83. The molecule has 9 N–H and O–H groups in total. The average molecular weight is 983 g/mol. The summed E-state index contributed by atoms with van der Waals surface area (Å²) in [5, 5.41) is 22.3. The van der Waals surface area contributed by atoms with Crippen LogP contribution in [0, 0.1) is 5.92 Å². The number of Topliss-reactive ketones (excluding diaryl/α,β-unsaturated/α-hetero) is 1. The molecule has 69 heavy (non-hydrogen) atoms. The van der Waals surface area contributed by atoms with Crippen molar-refractivity contribution in [3.05, 3.63) is 18.2 Å². The fraction of sp³-hybridized carbons (Fsp3) is 0.796. The molecule has 0 saturated heterocycles. The van der Waals surface area contributed by atoms with Crippen LogP contribution in [0.5, 0.6) is 0 Å². The third-order valence-electron chi connectivity index (χ3n) is 11.3. The monoisotopic (exact) mass is 983 g/mol. The molecule has 0 unspecified atom stereocenters. The molecular formula is C49H90N8O12. The van der Waals surface area contributed by atoms with Gasteiger partial charge in [0, 0.05) is 58.1 Å². The van der Waals surface area contributed by atoms with Gasteiger partial charge in [0.15, 0.2) is 5.78 Å². The van der Waals surface area contributed by atoms with Crippen molar-refractivity contribution in [3.63, 3.8) is 0 Å². The van der Waals surface area contributed by atoms with Gasteiger partial charge in [-0.05, 0) is 33.1 Å². The molecule has 1 aromatic heterocycles. The maximum atomic E-state index is 13.3. The molecule has 20 nitrogen and oxygen atoms in total. The lowest BCUT2D eigenvalue weighted by atomic mass is 9.87. The number of carbonyl (C=O) groups excluding carboxylic acids is 6. The molecule has 0 spiro atoms. The first-order chi connectivity index (χ1) is 33.2. The van der Waals surface area contributed by atoms with Crippen molar-refractivity contribution >= 4 is 41.3 Å². The molecule has 0 aromatic carbocycles. The molecule has 1 aromatic rings. The number of ketones is 1. The van der Waals surface area contributed by atoms with Crippen LogP contribution in [0.25, 0.3) is 0 Å². The molecule has 398 valence electrons. The normalized spacial score (nSPS) is 12.2. The second kappa shape index (κ2) is 41.3. The van der Waals surface area contributed by atoms with Gasteiger partial charge in [0.1, 0.15) is 19.8 Å². The second-order valence-corrected chi connectivity index (χ2v) is 18.0. The van der Waals surface area contributed by atoms with Crippen molar-refractivity contribution in [3.8, 4) is 0 Å². The number of nitrogens with zero attached hydrogens (tertiary/aromatic N) is 1. The number of hydrogen-bond donors (Lipinski definition) is 8. The maximum absolute atomic E-state index is 13.3. The van der Waals surface area contributed by atoms with Crippen molar-refractivity contribution in [2.45, 2.75) is 167 Å². The number of H-pyrrole nitrogens is 1. The Morgan fingerprint density at radius 2 is 1.16 bits per heavy atom. The van der Waals surface area contributed by atoms with E-state index >= 15 is 0 Å². The Labute approximate surface area is 412 Å². The van der Waals surface area contributed by atoms with Gasteiger partial charge >= 0.3 is 5.97 Å². The van der Waals surface area contributed by atoms with Gasteiger partial charge in [-0.1, -0.05) is 103 Å². The van der Waals surface area contributed by atoms with Crippen LogP contribution in [0.15, 0.2) is 12.5 Å². The van der Waals surface area contributed by atoms with Crippen LogP contribution in [0.4, 0.5) is 0 Å². The number of ether oxygens (including phenoxy) is 4. The zero-order valence-electron chi connectivity index (χ0n) is 42.1. The van der Waals surface area contributed by atoms with Crippen LogP contribution in [0.3, 0.4) is 0 Å². The summed E-state index contributed by atoms with van der Waals surface area (Å²) in [5.74, 6) is -4.29. The zero-order valence-corrected chi connectivity index (χ0v) is 42.1. The molecule has 0 aliphatic carbocycles. The number of carboxylic acids is 1. The number of aromatic nitrogens is 2. The minimum atomic E-state index is -1.36. The molecule has 5 amide bonds. The highest BCUT2D eigenvalue weighted by Gasteiger charge is 2.34. The van der Waals surface area contributed by atoms with Gasteiger partial charge in [-0.15, -0.1) is 0 Å². The van der Waals surface area contributed by atoms with E-state index in [4.69, 9.17) is 29.8 Å². The second-order valence-electron chi connectivity index (χ2n) is 18.0. The minimum absolute atomic E-state index is 0. The van der Waals surface area contributed by atoms with E-state index in [1.807, 2.05) is 0 Å². The molecule has 1 rings (SSSR count). The van der Waals surface area contributed by atoms with Crippen LogP contribution in [-0.2, 0) is 58.9 Å². The molecule has 2 atom stereocenters. The van der Waals surface area contributed by atoms with Crippen molar-refractivity contribution < 1.29 is 59.0 Å². The quantitative estimate of drug-likeness (QED) is 0.0428. The first kappa shape index (κ1) is 62.5. The van der Waals surface area contributed by atoms with E-state index in [0.717, 1.165) is 12.8 Å². The van der Waals surface area contributed by atoms with E-state index in [-0.39, 0.29) is 91.1 Å². The third kappa shape index (κ3) is 36.2. The summed E-state index contributed by atoms with van der Waals surface area (Å²) in [4.78, 5) is 92.9. The number of aliphatic carboxylic acids is 1. The van der Waals surface area contributed by atoms with Crippen LogP contribution < -0.4 is 32.3 Å². The molecule has 0 bridgehead atoms. The topological polar surface area (TPSA) is 291 Å². The summed E-state index contributed by atoms with van der Waals surface area (Å²) < 4.78 is 21.6. The summed E-state index contributed by atoms with van der Waals surface area (Å²) in [6.45, 7) is 6.86. The number of carbonyl (C=O) groups is 7. The Balaban J connectivity index is 0.0000476. The summed E-state index contributed by atoms with van der Waals surface area (Å²) >= 11 is 0. The first-order valence-electron chi connectivity index (χ1n) is 25.4. The molecule has 0 aliphatic heterocycles. The van der Waals surface area contributed by atoms with Gasteiger partial charge in [-0.2, -0.15) is 0 Å². The maximum Gasteiger partial charge on any atom is 0.322 e. The fourth-order valence-electron chi connectivity index (χ4n) is 7.19. The predicted molar refractivity (Wildman–Crippen MR) is 264 cm³/mol.